The minimum atomic E-state index is -1.29. The number of aliphatic hydroxyl groups excluding tert-OH is 1. The van der Waals surface area contributed by atoms with Gasteiger partial charge < -0.3 is 14.6 Å². The lowest BCUT2D eigenvalue weighted by molar-refractivity contribution is -0.181. The van der Waals surface area contributed by atoms with E-state index in [1.54, 1.807) is 6.08 Å². The van der Waals surface area contributed by atoms with Gasteiger partial charge in [0.05, 0.1) is 0 Å². The van der Waals surface area contributed by atoms with Crippen molar-refractivity contribution in [2.45, 2.75) is 72.7 Å². The molecule has 0 radical (unpaired) electrons. The van der Waals surface area contributed by atoms with Crippen LogP contribution in [0.15, 0.2) is 34.9 Å². The maximum Gasteiger partial charge on any atom is 0.337 e. The van der Waals surface area contributed by atoms with E-state index in [4.69, 9.17) is 9.47 Å². The molecule has 0 unspecified atom stereocenters. The highest BCUT2D eigenvalue weighted by atomic mass is 16.6. The number of hydrogen-bond acceptors (Lipinski definition) is 7. The molecule has 0 bridgehead atoms. The number of hydrogen-bond donors (Lipinski definition) is 1. The Hall–Kier alpha value is -2.54. The van der Waals surface area contributed by atoms with Gasteiger partial charge in [0.15, 0.2) is 11.6 Å². The SMILES string of the molecule is CC(=O)O[C@@H]1C[C@@H]2C(C)(C)C(=O)C=C[C@]2(C)[C@H]2CC(=O)C3=C(CC[C@H]3C3=C[C@H](O)OC3=O)[C@@]21C. The number of ketones is 2. The highest BCUT2D eigenvalue weighted by Crippen LogP contribution is 2.68. The first kappa shape index (κ1) is 23.2. The van der Waals surface area contributed by atoms with E-state index >= 15 is 0 Å². The second-order valence-corrected chi connectivity index (χ2v) is 11.5. The van der Waals surface area contributed by atoms with Crippen LogP contribution < -0.4 is 0 Å². The summed E-state index contributed by atoms with van der Waals surface area (Å²) in [7, 11) is 0. The quantitative estimate of drug-likeness (QED) is 0.620. The molecule has 1 fully saturated rings. The van der Waals surface area contributed by atoms with Gasteiger partial charge in [-0.1, -0.05) is 39.3 Å². The van der Waals surface area contributed by atoms with Gasteiger partial charge in [-0.15, -0.1) is 0 Å². The van der Waals surface area contributed by atoms with E-state index in [-0.39, 0.29) is 35.8 Å². The van der Waals surface area contributed by atoms with E-state index in [0.29, 0.717) is 30.4 Å². The zero-order chi connectivity index (χ0) is 24.8. The fraction of sp³-hybridized carbons (Fsp3) is 0.630. The number of allylic oxidation sites excluding steroid dienone is 3. The number of ether oxygens (including phenoxy) is 2. The standard InChI is InChI=1S/C27H32O7/c1-13(28)33-21-12-18-25(2,3)20(30)8-9-26(18,4)19-11-17(29)23-14(6-7-16(23)27(19,21)5)15-10-22(31)34-24(15)32/h8-10,14,18-19,21-22,31H,6-7,11-12H2,1-5H3/t14-,18+,19+,21+,22+,26-,27-/m0/s1. The Morgan fingerprint density at radius 1 is 1.15 bits per heavy atom. The highest BCUT2D eigenvalue weighted by Gasteiger charge is 2.67. The summed E-state index contributed by atoms with van der Waals surface area (Å²) in [5.74, 6) is -1.61. The van der Waals surface area contributed by atoms with E-state index in [0.717, 1.165) is 5.57 Å². The summed E-state index contributed by atoms with van der Waals surface area (Å²) in [6, 6.07) is 0. The summed E-state index contributed by atoms with van der Waals surface area (Å²) in [6.45, 7) is 9.50. The Morgan fingerprint density at radius 2 is 1.85 bits per heavy atom. The molecule has 0 saturated heterocycles. The summed E-state index contributed by atoms with van der Waals surface area (Å²) >= 11 is 0. The van der Waals surface area contributed by atoms with Gasteiger partial charge in [0.25, 0.3) is 0 Å². The first-order valence-corrected chi connectivity index (χ1v) is 12.1. The van der Waals surface area contributed by atoms with Crippen molar-refractivity contribution in [2.24, 2.45) is 34.0 Å². The number of aliphatic hydroxyl groups is 1. The topological polar surface area (TPSA) is 107 Å². The van der Waals surface area contributed by atoms with E-state index in [2.05, 4.69) is 13.8 Å². The molecule has 0 aromatic rings. The molecule has 0 spiro atoms. The minimum absolute atomic E-state index is 0.0124. The molecule has 1 aliphatic heterocycles. The van der Waals surface area contributed by atoms with Crippen molar-refractivity contribution in [1.29, 1.82) is 0 Å². The zero-order valence-corrected chi connectivity index (χ0v) is 20.3. The summed E-state index contributed by atoms with van der Waals surface area (Å²) < 4.78 is 10.9. The maximum absolute atomic E-state index is 13.7. The van der Waals surface area contributed by atoms with Crippen molar-refractivity contribution < 1.29 is 33.8 Å². The Morgan fingerprint density at radius 3 is 2.47 bits per heavy atom. The second-order valence-electron chi connectivity index (χ2n) is 11.5. The molecule has 182 valence electrons. The lowest BCUT2D eigenvalue weighted by Crippen LogP contribution is -2.63. The fourth-order valence-electron chi connectivity index (χ4n) is 7.98. The number of rotatable bonds is 2. The van der Waals surface area contributed by atoms with Crippen LogP contribution in [0.3, 0.4) is 0 Å². The monoisotopic (exact) mass is 468 g/mol. The van der Waals surface area contributed by atoms with E-state index in [1.807, 2.05) is 19.9 Å². The molecular formula is C27H32O7. The molecule has 4 aliphatic carbocycles. The Bertz CT molecular complexity index is 1110. The zero-order valence-electron chi connectivity index (χ0n) is 20.3. The average molecular weight is 469 g/mol. The third-order valence-corrected chi connectivity index (χ3v) is 9.61. The molecule has 0 amide bonds. The van der Waals surface area contributed by atoms with Gasteiger partial charge >= 0.3 is 11.9 Å². The molecule has 5 aliphatic rings. The summed E-state index contributed by atoms with van der Waals surface area (Å²) in [4.78, 5) is 51.1. The van der Waals surface area contributed by atoms with Crippen molar-refractivity contribution in [2.75, 3.05) is 0 Å². The van der Waals surface area contributed by atoms with Crippen molar-refractivity contribution in [3.63, 3.8) is 0 Å². The van der Waals surface area contributed by atoms with Crippen LogP contribution in [-0.4, -0.2) is 41.0 Å². The van der Waals surface area contributed by atoms with E-state index in [1.165, 1.54) is 13.0 Å². The van der Waals surface area contributed by atoms with Gasteiger partial charge in [-0.2, -0.15) is 0 Å². The van der Waals surface area contributed by atoms with Crippen LogP contribution in [-0.2, 0) is 28.7 Å². The van der Waals surface area contributed by atoms with Crippen LogP contribution in [0, 0.1) is 34.0 Å². The van der Waals surface area contributed by atoms with Gasteiger partial charge in [0.1, 0.15) is 6.10 Å². The number of Topliss-reactive ketones (excluding diaryl/α,β-unsaturated/α-hetero) is 1. The minimum Gasteiger partial charge on any atom is -0.462 e. The van der Waals surface area contributed by atoms with Crippen LogP contribution in [0.1, 0.15) is 60.3 Å². The molecule has 0 aromatic carbocycles. The molecule has 0 aromatic heterocycles. The summed E-state index contributed by atoms with van der Waals surface area (Å²) in [5, 5.41) is 9.79. The maximum atomic E-state index is 13.7. The molecule has 1 heterocycles. The Kier molecular flexibility index (Phi) is 4.94. The van der Waals surface area contributed by atoms with Gasteiger partial charge in [-0.25, -0.2) is 4.79 Å². The van der Waals surface area contributed by atoms with Crippen LogP contribution in [0.25, 0.3) is 0 Å². The number of carbonyl (C=O) groups is 4. The molecule has 1 N–H and O–H groups in total. The normalized spacial score (nSPS) is 42.6. The third-order valence-electron chi connectivity index (χ3n) is 9.61. The molecule has 1 saturated carbocycles. The second kappa shape index (κ2) is 7.23. The predicted molar refractivity (Wildman–Crippen MR) is 121 cm³/mol. The lowest BCUT2D eigenvalue weighted by Gasteiger charge is -2.63. The van der Waals surface area contributed by atoms with Gasteiger partial charge in [-0.05, 0) is 48.7 Å². The van der Waals surface area contributed by atoms with Crippen molar-refractivity contribution in [3.05, 3.63) is 34.9 Å². The van der Waals surface area contributed by atoms with Gasteiger partial charge in [-0.3, -0.25) is 14.4 Å². The molecule has 5 rings (SSSR count). The summed E-state index contributed by atoms with van der Waals surface area (Å²) in [5.41, 5.74) is 0.205. The van der Waals surface area contributed by atoms with Crippen molar-refractivity contribution >= 4 is 23.5 Å². The number of carbonyl (C=O) groups excluding carboxylic acids is 4. The van der Waals surface area contributed by atoms with Crippen LogP contribution in [0.2, 0.25) is 0 Å². The first-order valence-electron chi connectivity index (χ1n) is 12.1. The van der Waals surface area contributed by atoms with Crippen LogP contribution in [0.4, 0.5) is 0 Å². The highest BCUT2D eigenvalue weighted by molar-refractivity contribution is 6.03. The molecule has 34 heavy (non-hydrogen) atoms. The largest absolute Gasteiger partial charge is 0.462 e. The number of esters is 2. The van der Waals surface area contributed by atoms with E-state index < -0.39 is 40.5 Å². The van der Waals surface area contributed by atoms with Crippen molar-refractivity contribution in [3.8, 4) is 0 Å². The third kappa shape index (κ3) is 2.92. The molecule has 7 heteroatoms. The lowest BCUT2D eigenvalue weighted by atomic mass is 9.41. The Balaban J connectivity index is 1.68. The van der Waals surface area contributed by atoms with E-state index in [9.17, 15) is 24.3 Å². The van der Waals surface area contributed by atoms with Crippen LogP contribution in [0.5, 0.6) is 0 Å². The van der Waals surface area contributed by atoms with Crippen LogP contribution >= 0.6 is 0 Å². The van der Waals surface area contributed by atoms with Gasteiger partial charge in [0.2, 0.25) is 6.29 Å². The Labute approximate surface area is 199 Å². The summed E-state index contributed by atoms with van der Waals surface area (Å²) in [6.07, 6.45) is 5.20. The number of cyclic esters (lactones) is 1. The molecule has 7 nitrogen and oxygen atoms in total. The number of fused-ring (bicyclic) bond motifs is 4. The average Bonchev–Trinajstić information content (AvgIpc) is 3.32. The van der Waals surface area contributed by atoms with Gasteiger partial charge in [0, 0.05) is 41.2 Å². The fourth-order valence-corrected chi connectivity index (χ4v) is 7.98. The van der Waals surface area contributed by atoms with Crippen molar-refractivity contribution in [1.82, 2.24) is 0 Å². The smallest absolute Gasteiger partial charge is 0.337 e. The predicted octanol–water partition coefficient (Wildman–Crippen LogP) is 3.21. The first-order chi connectivity index (χ1) is 15.8. The molecular weight excluding hydrogens is 436 g/mol. The molecule has 7 atom stereocenters.